The van der Waals surface area contributed by atoms with E-state index >= 15 is 0 Å². The van der Waals surface area contributed by atoms with Crippen molar-refractivity contribution < 1.29 is 9.53 Å². The lowest BCUT2D eigenvalue weighted by Crippen LogP contribution is -2.34. The molecule has 1 unspecified atom stereocenters. The van der Waals surface area contributed by atoms with E-state index in [9.17, 15) is 14.4 Å². The molecule has 1 aliphatic heterocycles. The Labute approximate surface area is 168 Å². The van der Waals surface area contributed by atoms with Gasteiger partial charge in [0, 0.05) is 29.8 Å². The fraction of sp³-hybridized carbons (Fsp3) is 0.348. The average Bonchev–Trinajstić information content (AvgIpc) is 2.62. The maximum Gasteiger partial charge on any atom is 0.312 e. The van der Waals surface area contributed by atoms with E-state index in [1.165, 1.54) is 0 Å². The number of pyridine rings is 2. The van der Waals surface area contributed by atoms with Crippen LogP contribution in [0.3, 0.4) is 0 Å². The first kappa shape index (κ1) is 19.2. The van der Waals surface area contributed by atoms with Gasteiger partial charge in [0.1, 0.15) is 5.75 Å². The Kier molecular flexibility index (Phi) is 4.65. The van der Waals surface area contributed by atoms with Crippen molar-refractivity contribution in [2.24, 2.45) is 5.92 Å². The molecule has 0 spiro atoms. The monoisotopic (exact) mass is 392 g/mol. The topological polar surface area (TPSA) is 81.2 Å². The fourth-order valence-corrected chi connectivity index (χ4v) is 4.11. The van der Waals surface area contributed by atoms with Crippen LogP contribution in [-0.2, 0) is 11.3 Å². The third kappa shape index (κ3) is 3.39. The highest BCUT2D eigenvalue weighted by molar-refractivity contribution is 5.82. The van der Waals surface area contributed by atoms with Gasteiger partial charge in [-0.3, -0.25) is 14.4 Å². The summed E-state index contributed by atoms with van der Waals surface area (Å²) in [6.07, 6.45) is -0.0343. The smallest absolute Gasteiger partial charge is 0.312 e. The summed E-state index contributed by atoms with van der Waals surface area (Å²) >= 11 is 0. The van der Waals surface area contributed by atoms with Crippen molar-refractivity contribution in [2.45, 2.75) is 46.6 Å². The van der Waals surface area contributed by atoms with Crippen LogP contribution < -0.4 is 15.9 Å². The number of carbonyl (C=O) groups is 1. The van der Waals surface area contributed by atoms with Crippen molar-refractivity contribution in [3.05, 3.63) is 73.4 Å². The van der Waals surface area contributed by atoms with Crippen LogP contribution in [0, 0.1) is 19.8 Å². The second-order valence-corrected chi connectivity index (χ2v) is 8.26. The lowest BCUT2D eigenvalue weighted by atomic mass is 9.87. The number of esters is 1. The van der Waals surface area contributed by atoms with Crippen LogP contribution in [0.4, 0.5) is 0 Å². The number of carbonyl (C=O) groups excluding carboxylic acids is 1. The normalized spacial score (nSPS) is 16.2. The summed E-state index contributed by atoms with van der Waals surface area (Å²) in [4.78, 5) is 41.3. The van der Waals surface area contributed by atoms with E-state index in [1.807, 2.05) is 31.2 Å². The first-order valence-corrected chi connectivity index (χ1v) is 9.83. The highest BCUT2D eigenvalue weighted by atomic mass is 16.5. The largest absolute Gasteiger partial charge is 0.426 e. The zero-order chi connectivity index (χ0) is 20.9. The molecule has 1 N–H and O–H groups in total. The number of aromatic nitrogens is 2. The number of hydrogen-bond acceptors (Lipinski definition) is 4. The Morgan fingerprint density at radius 2 is 1.90 bits per heavy atom. The molecule has 0 fully saturated rings. The molecule has 0 saturated heterocycles. The summed E-state index contributed by atoms with van der Waals surface area (Å²) in [6.45, 7) is 8.39. The van der Waals surface area contributed by atoms with Crippen LogP contribution in [0.1, 0.15) is 48.6 Å². The van der Waals surface area contributed by atoms with Crippen LogP contribution in [0.15, 0.2) is 39.9 Å². The first-order valence-electron chi connectivity index (χ1n) is 9.83. The standard InChI is InChI=1S/C23H24N2O4/c1-12(2)11-25-18-6-5-13(3)7-15(18)9-17(23(25)28)16-10-20(26)29-19-8-14(4)24-22(27)21(16)19/h5-9,12,16H,10-11H2,1-4H3,(H,24,27). The van der Waals surface area contributed by atoms with Gasteiger partial charge >= 0.3 is 5.97 Å². The molecule has 3 heterocycles. The molecule has 0 aliphatic carbocycles. The number of nitrogens with zero attached hydrogens (tertiary/aromatic N) is 1. The second kappa shape index (κ2) is 7.03. The Bertz CT molecular complexity index is 1250. The zero-order valence-corrected chi connectivity index (χ0v) is 17.0. The lowest BCUT2D eigenvalue weighted by molar-refractivity contribution is -0.135. The molecule has 1 aromatic carbocycles. The first-order chi connectivity index (χ1) is 13.7. The Morgan fingerprint density at radius 1 is 1.14 bits per heavy atom. The number of aromatic amines is 1. The molecule has 3 aromatic rings. The van der Waals surface area contributed by atoms with Gasteiger partial charge in [-0.15, -0.1) is 0 Å². The third-order valence-electron chi connectivity index (χ3n) is 5.31. The van der Waals surface area contributed by atoms with E-state index in [0.29, 0.717) is 23.4 Å². The summed E-state index contributed by atoms with van der Waals surface area (Å²) in [6, 6.07) is 9.43. The van der Waals surface area contributed by atoms with Gasteiger partial charge in [-0.1, -0.05) is 25.5 Å². The average molecular weight is 392 g/mol. The van der Waals surface area contributed by atoms with Crippen LogP contribution >= 0.6 is 0 Å². The maximum absolute atomic E-state index is 13.5. The molecule has 2 aromatic heterocycles. The van der Waals surface area contributed by atoms with Crippen molar-refractivity contribution in [3.8, 4) is 5.75 Å². The van der Waals surface area contributed by atoms with Crippen molar-refractivity contribution in [1.82, 2.24) is 9.55 Å². The van der Waals surface area contributed by atoms with Crippen molar-refractivity contribution in [3.63, 3.8) is 0 Å². The van der Waals surface area contributed by atoms with E-state index in [2.05, 4.69) is 18.8 Å². The van der Waals surface area contributed by atoms with Gasteiger partial charge < -0.3 is 14.3 Å². The van der Waals surface area contributed by atoms with Gasteiger partial charge in [0.15, 0.2) is 0 Å². The number of rotatable bonds is 3. The number of nitrogens with one attached hydrogen (secondary N) is 1. The molecular formula is C23H24N2O4. The van der Waals surface area contributed by atoms with Gasteiger partial charge in [0.25, 0.3) is 11.1 Å². The summed E-state index contributed by atoms with van der Waals surface area (Å²) in [7, 11) is 0. The Balaban J connectivity index is 2.02. The predicted octanol–water partition coefficient (Wildman–Crippen LogP) is 3.40. The highest BCUT2D eigenvalue weighted by Gasteiger charge is 2.33. The minimum atomic E-state index is -0.633. The summed E-state index contributed by atoms with van der Waals surface area (Å²) < 4.78 is 7.08. The van der Waals surface area contributed by atoms with Crippen LogP contribution in [0.25, 0.3) is 10.9 Å². The second-order valence-electron chi connectivity index (χ2n) is 8.26. The van der Waals surface area contributed by atoms with Gasteiger partial charge in [0.2, 0.25) is 0 Å². The van der Waals surface area contributed by atoms with Gasteiger partial charge in [-0.2, -0.15) is 0 Å². The molecule has 4 rings (SSSR count). The van der Waals surface area contributed by atoms with Crippen molar-refractivity contribution in [2.75, 3.05) is 0 Å². The highest BCUT2D eigenvalue weighted by Crippen LogP contribution is 2.36. The minimum Gasteiger partial charge on any atom is -0.426 e. The molecule has 1 atom stereocenters. The number of hydrogen-bond donors (Lipinski definition) is 1. The molecule has 0 bridgehead atoms. The lowest BCUT2D eigenvalue weighted by Gasteiger charge is -2.25. The number of benzene rings is 1. The van der Waals surface area contributed by atoms with Crippen molar-refractivity contribution in [1.29, 1.82) is 0 Å². The molecule has 6 heteroatoms. The Morgan fingerprint density at radius 3 is 2.62 bits per heavy atom. The maximum atomic E-state index is 13.5. The van der Waals surface area contributed by atoms with E-state index in [1.54, 1.807) is 17.6 Å². The minimum absolute atomic E-state index is 0.0343. The summed E-state index contributed by atoms with van der Waals surface area (Å²) in [5.74, 6) is -0.563. The van der Waals surface area contributed by atoms with E-state index < -0.39 is 11.9 Å². The number of H-pyrrole nitrogens is 1. The zero-order valence-electron chi connectivity index (χ0n) is 17.0. The van der Waals surface area contributed by atoms with Gasteiger partial charge in [-0.25, -0.2) is 0 Å². The number of aryl methyl sites for hydroxylation is 2. The van der Waals surface area contributed by atoms with E-state index in [-0.39, 0.29) is 29.2 Å². The fourth-order valence-electron chi connectivity index (χ4n) is 4.11. The number of ether oxygens (including phenoxy) is 1. The van der Waals surface area contributed by atoms with Gasteiger partial charge in [0.05, 0.1) is 17.5 Å². The molecule has 0 saturated carbocycles. The SMILES string of the molecule is Cc1ccc2c(c1)cc(C1CC(=O)Oc3cc(C)[nH]c(=O)c31)c(=O)n2CC(C)C. The molecule has 150 valence electrons. The predicted molar refractivity (Wildman–Crippen MR) is 112 cm³/mol. The number of fused-ring (bicyclic) bond motifs is 2. The van der Waals surface area contributed by atoms with E-state index in [0.717, 1.165) is 16.5 Å². The van der Waals surface area contributed by atoms with Gasteiger partial charge in [-0.05, 0) is 43.4 Å². The van der Waals surface area contributed by atoms with Crippen molar-refractivity contribution >= 4 is 16.9 Å². The molecule has 29 heavy (non-hydrogen) atoms. The molecule has 0 amide bonds. The Hall–Kier alpha value is -3.15. The molecular weight excluding hydrogens is 368 g/mol. The summed E-state index contributed by atoms with van der Waals surface area (Å²) in [5, 5.41) is 0.921. The molecule has 6 nitrogen and oxygen atoms in total. The third-order valence-corrected chi connectivity index (χ3v) is 5.31. The van der Waals surface area contributed by atoms with Crippen LogP contribution in [0.2, 0.25) is 0 Å². The van der Waals surface area contributed by atoms with Crippen LogP contribution in [-0.4, -0.2) is 15.5 Å². The molecule has 0 radical (unpaired) electrons. The quantitative estimate of drug-likeness (QED) is 0.693. The van der Waals surface area contributed by atoms with Crippen LogP contribution in [0.5, 0.6) is 5.75 Å². The van der Waals surface area contributed by atoms with E-state index in [4.69, 9.17) is 4.74 Å². The molecule has 1 aliphatic rings. The summed E-state index contributed by atoms with van der Waals surface area (Å²) in [5.41, 5.74) is 2.85.